The fourth-order valence-corrected chi connectivity index (χ4v) is 4.49. The number of hydrogen-bond donors (Lipinski definition) is 1. The second kappa shape index (κ2) is 9.83. The smallest absolute Gasteiger partial charge is 0.344 e. The summed E-state index contributed by atoms with van der Waals surface area (Å²) in [7, 11) is 0. The number of ketones is 1. The lowest BCUT2D eigenvalue weighted by Gasteiger charge is -2.16. The first kappa shape index (κ1) is 24.3. The third-order valence-corrected chi connectivity index (χ3v) is 6.17. The zero-order valence-electron chi connectivity index (χ0n) is 20.4. The molecule has 0 atom stereocenters. The van der Waals surface area contributed by atoms with Crippen molar-refractivity contribution in [3.05, 3.63) is 99.3 Å². The van der Waals surface area contributed by atoms with Crippen molar-refractivity contribution in [2.24, 2.45) is 0 Å². The third-order valence-electron chi connectivity index (χ3n) is 5.84. The summed E-state index contributed by atoms with van der Waals surface area (Å²) in [5, 5.41) is 3.66. The van der Waals surface area contributed by atoms with Crippen molar-refractivity contribution in [3.63, 3.8) is 0 Å². The summed E-state index contributed by atoms with van der Waals surface area (Å²) in [4.78, 5) is 25.1. The van der Waals surface area contributed by atoms with Crippen LogP contribution in [0.4, 0.5) is 0 Å². The largest absolute Gasteiger partial charge is 0.459 e. The lowest BCUT2D eigenvalue weighted by Crippen LogP contribution is -2.18. The second-order valence-corrected chi connectivity index (χ2v) is 9.14. The summed E-state index contributed by atoms with van der Waals surface area (Å²) < 4.78 is 7.37. The maximum atomic E-state index is 12.8. The van der Waals surface area contributed by atoms with Crippen molar-refractivity contribution in [3.8, 4) is 16.8 Å². The Morgan fingerprint density at radius 3 is 2.40 bits per heavy atom. The summed E-state index contributed by atoms with van der Waals surface area (Å²) in [6.45, 7) is 9.23. The van der Waals surface area contributed by atoms with Crippen LogP contribution in [0.2, 0.25) is 5.02 Å². The predicted molar refractivity (Wildman–Crippen MR) is 139 cm³/mol. The molecule has 0 amide bonds. The molecule has 0 bridgehead atoms. The molecule has 3 aromatic rings. The topological polar surface area (TPSA) is 60.3 Å². The van der Waals surface area contributed by atoms with Gasteiger partial charge in [-0.05, 0) is 58.9 Å². The van der Waals surface area contributed by atoms with Crippen LogP contribution < -0.4 is 5.32 Å². The Bertz CT molecular complexity index is 1440. The summed E-state index contributed by atoms with van der Waals surface area (Å²) in [6.07, 6.45) is 1.46. The number of esters is 1. The van der Waals surface area contributed by atoms with Crippen molar-refractivity contribution in [1.29, 1.82) is 0 Å². The molecule has 0 unspecified atom stereocenters. The first-order valence-corrected chi connectivity index (χ1v) is 11.8. The monoisotopic (exact) mass is 486 g/mol. The summed E-state index contributed by atoms with van der Waals surface area (Å²) >= 11 is 6.51. The zero-order valence-corrected chi connectivity index (χ0v) is 21.2. The van der Waals surface area contributed by atoms with E-state index >= 15 is 0 Å². The number of aryl methyl sites for hydroxylation is 1. The van der Waals surface area contributed by atoms with E-state index < -0.39 is 11.8 Å². The maximum absolute atomic E-state index is 12.8. The van der Waals surface area contributed by atoms with E-state index in [4.69, 9.17) is 16.3 Å². The Balaban J connectivity index is 1.72. The van der Waals surface area contributed by atoms with Crippen LogP contribution in [0.5, 0.6) is 0 Å². The molecule has 5 nitrogen and oxygen atoms in total. The molecule has 178 valence electrons. The number of hydrogen-bond acceptors (Lipinski definition) is 4. The number of carbonyl (C=O) groups is 2. The fraction of sp³-hybridized carbons (Fsp3) is 0.207. The third kappa shape index (κ3) is 4.74. The van der Waals surface area contributed by atoms with Crippen LogP contribution in [0.1, 0.15) is 37.7 Å². The van der Waals surface area contributed by atoms with Gasteiger partial charge in [-0.25, -0.2) is 4.79 Å². The number of carbonyl (C=O) groups excluding carboxylic acids is 2. The normalized spacial score (nSPS) is 13.2. The molecule has 1 aliphatic heterocycles. The Hall–Kier alpha value is -3.79. The van der Waals surface area contributed by atoms with Gasteiger partial charge in [0, 0.05) is 38.8 Å². The number of rotatable bonds is 5. The van der Waals surface area contributed by atoms with Crippen LogP contribution in [0, 0.1) is 13.8 Å². The number of aromatic nitrogens is 1. The quantitative estimate of drug-likeness (QED) is 0.199. The SMILES string of the molecule is CC1=C(C(=O)OC(C)C)C(=O)C(=C=Cc2cc(C)n(-c3ccccc3-c3ccccc3Cl)c2C)N1. The maximum Gasteiger partial charge on any atom is 0.344 e. The van der Waals surface area contributed by atoms with Crippen LogP contribution in [0.25, 0.3) is 22.9 Å². The van der Waals surface area contributed by atoms with Crippen LogP contribution in [0.15, 0.2) is 77.3 Å². The summed E-state index contributed by atoms with van der Waals surface area (Å²) in [5.41, 5.74) is 9.68. The summed E-state index contributed by atoms with van der Waals surface area (Å²) in [5.74, 6) is -1.04. The molecule has 1 N–H and O–H groups in total. The molecule has 4 rings (SSSR count). The molecule has 6 heteroatoms. The predicted octanol–water partition coefficient (Wildman–Crippen LogP) is 6.31. The van der Waals surface area contributed by atoms with E-state index in [2.05, 4.69) is 27.7 Å². The standard InChI is InChI=1S/C29H27ClN2O3/c1-17(2)35-29(34)27-19(4)31-25(28(27)33)15-14-21-16-18(3)32(20(21)5)26-13-9-7-11-23(26)22-10-6-8-12-24(22)30/h6-14,16-17,31H,1-5H3. The molecule has 1 aromatic heterocycles. The van der Waals surface area contributed by atoms with Gasteiger partial charge >= 0.3 is 5.97 Å². The first-order valence-electron chi connectivity index (χ1n) is 11.4. The van der Waals surface area contributed by atoms with E-state index in [0.717, 1.165) is 33.8 Å². The second-order valence-electron chi connectivity index (χ2n) is 8.73. The minimum absolute atomic E-state index is 0.0220. The molecule has 35 heavy (non-hydrogen) atoms. The molecule has 0 spiro atoms. The van der Waals surface area contributed by atoms with Crippen LogP contribution in [-0.4, -0.2) is 22.4 Å². The molecule has 0 saturated heterocycles. The van der Waals surface area contributed by atoms with E-state index in [1.54, 1.807) is 26.8 Å². The van der Waals surface area contributed by atoms with E-state index in [1.807, 2.05) is 56.3 Å². The molecule has 2 aromatic carbocycles. The molecule has 1 aliphatic rings. The number of halogens is 1. The summed E-state index contributed by atoms with van der Waals surface area (Å²) in [6, 6.07) is 17.9. The van der Waals surface area contributed by atoms with Crippen molar-refractivity contribution < 1.29 is 14.3 Å². The Kier molecular flexibility index (Phi) is 6.83. The molecular weight excluding hydrogens is 460 g/mol. The number of Topliss-reactive ketones (excluding diaryl/α,β-unsaturated/α-hetero) is 1. The lowest BCUT2D eigenvalue weighted by atomic mass is 10.0. The van der Waals surface area contributed by atoms with E-state index in [-0.39, 0.29) is 17.4 Å². The van der Waals surface area contributed by atoms with Gasteiger partial charge in [-0.2, -0.15) is 0 Å². The Labute approximate surface area is 210 Å². The molecular formula is C29H27ClN2O3. The van der Waals surface area contributed by atoms with Gasteiger partial charge in [0.05, 0.1) is 11.8 Å². The average molecular weight is 487 g/mol. The van der Waals surface area contributed by atoms with Gasteiger partial charge in [-0.3, -0.25) is 4.79 Å². The molecule has 0 fully saturated rings. The number of benzene rings is 2. The number of nitrogens with zero attached hydrogens (tertiary/aromatic N) is 1. The van der Waals surface area contributed by atoms with Gasteiger partial charge in [-0.1, -0.05) is 53.7 Å². The van der Waals surface area contributed by atoms with Gasteiger partial charge in [0.1, 0.15) is 11.3 Å². The van der Waals surface area contributed by atoms with Gasteiger partial charge in [0.25, 0.3) is 0 Å². The van der Waals surface area contributed by atoms with Gasteiger partial charge < -0.3 is 14.6 Å². The molecule has 0 radical (unpaired) electrons. The highest BCUT2D eigenvalue weighted by Crippen LogP contribution is 2.34. The van der Waals surface area contributed by atoms with Crippen LogP contribution in [0.3, 0.4) is 0 Å². The number of nitrogens with one attached hydrogen (secondary N) is 1. The van der Waals surface area contributed by atoms with Gasteiger partial charge in [0.2, 0.25) is 5.78 Å². The van der Waals surface area contributed by atoms with Crippen LogP contribution >= 0.6 is 11.6 Å². The van der Waals surface area contributed by atoms with Crippen molar-refractivity contribution in [2.75, 3.05) is 0 Å². The minimum atomic E-state index is -0.624. The first-order chi connectivity index (χ1) is 16.7. The van der Waals surface area contributed by atoms with Crippen LogP contribution in [-0.2, 0) is 14.3 Å². The highest BCUT2D eigenvalue weighted by Gasteiger charge is 2.32. The van der Waals surface area contributed by atoms with Crippen molar-refractivity contribution in [2.45, 2.75) is 40.7 Å². The molecule has 0 aliphatic carbocycles. The number of allylic oxidation sites excluding steroid dienone is 2. The van der Waals surface area contributed by atoms with Crippen molar-refractivity contribution >= 4 is 29.4 Å². The highest BCUT2D eigenvalue weighted by atomic mass is 35.5. The van der Waals surface area contributed by atoms with E-state index in [9.17, 15) is 9.59 Å². The van der Waals surface area contributed by atoms with E-state index in [1.165, 1.54) is 0 Å². The number of ether oxygens (including phenoxy) is 1. The highest BCUT2D eigenvalue weighted by molar-refractivity contribution is 6.33. The zero-order chi connectivity index (χ0) is 25.3. The molecule has 2 heterocycles. The average Bonchev–Trinajstić information content (AvgIpc) is 3.25. The van der Waals surface area contributed by atoms with Gasteiger partial charge in [0.15, 0.2) is 0 Å². The van der Waals surface area contributed by atoms with Crippen molar-refractivity contribution in [1.82, 2.24) is 9.88 Å². The minimum Gasteiger partial charge on any atom is -0.459 e. The van der Waals surface area contributed by atoms with E-state index in [0.29, 0.717) is 10.7 Å². The number of para-hydroxylation sites is 1. The Morgan fingerprint density at radius 2 is 1.71 bits per heavy atom. The lowest BCUT2D eigenvalue weighted by molar-refractivity contribution is -0.143. The fourth-order valence-electron chi connectivity index (χ4n) is 4.25. The molecule has 0 saturated carbocycles. The van der Waals surface area contributed by atoms with Gasteiger partial charge in [-0.15, -0.1) is 0 Å². The Morgan fingerprint density at radius 1 is 1.06 bits per heavy atom.